The van der Waals surface area contributed by atoms with Crippen LogP contribution in [0.15, 0.2) is 18.2 Å². The Labute approximate surface area is 96.0 Å². The lowest BCUT2D eigenvalue weighted by Gasteiger charge is -2.35. The van der Waals surface area contributed by atoms with E-state index >= 15 is 0 Å². The third-order valence-electron chi connectivity index (χ3n) is 3.18. The van der Waals surface area contributed by atoms with Crippen LogP contribution >= 0.6 is 11.6 Å². The molecular formula is C12H17ClN2. The van der Waals surface area contributed by atoms with E-state index in [2.05, 4.69) is 18.0 Å². The maximum Gasteiger partial charge on any atom is 0.0456 e. The molecule has 15 heavy (non-hydrogen) atoms. The van der Waals surface area contributed by atoms with E-state index in [-0.39, 0.29) is 0 Å². The SMILES string of the molecule is CN1CCc2cccc(Cl)c2C1CCN. The highest BCUT2D eigenvalue weighted by molar-refractivity contribution is 6.31. The molecule has 1 aromatic rings. The van der Waals surface area contributed by atoms with Crippen LogP contribution < -0.4 is 5.73 Å². The van der Waals surface area contributed by atoms with Crippen LogP contribution in [-0.4, -0.2) is 25.0 Å². The van der Waals surface area contributed by atoms with Crippen molar-refractivity contribution in [3.8, 4) is 0 Å². The predicted octanol–water partition coefficient (Wildman–Crippen LogP) is 2.22. The minimum Gasteiger partial charge on any atom is -0.330 e. The molecule has 1 aliphatic heterocycles. The van der Waals surface area contributed by atoms with Crippen LogP contribution in [0.5, 0.6) is 0 Å². The molecule has 0 spiro atoms. The molecule has 3 heteroatoms. The lowest BCUT2D eigenvalue weighted by molar-refractivity contribution is 0.222. The van der Waals surface area contributed by atoms with Crippen molar-refractivity contribution in [1.29, 1.82) is 0 Å². The Kier molecular flexibility index (Phi) is 3.29. The summed E-state index contributed by atoms with van der Waals surface area (Å²) in [5.74, 6) is 0. The van der Waals surface area contributed by atoms with Gasteiger partial charge in [-0.05, 0) is 43.6 Å². The summed E-state index contributed by atoms with van der Waals surface area (Å²) in [5.41, 5.74) is 8.34. The van der Waals surface area contributed by atoms with Crippen molar-refractivity contribution in [2.75, 3.05) is 20.1 Å². The van der Waals surface area contributed by atoms with Crippen LogP contribution in [0, 0.1) is 0 Å². The van der Waals surface area contributed by atoms with Crippen molar-refractivity contribution >= 4 is 11.6 Å². The van der Waals surface area contributed by atoms with Crippen molar-refractivity contribution in [3.63, 3.8) is 0 Å². The number of nitrogens with zero attached hydrogens (tertiary/aromatic N) is 1. The lowest BCUT2D eigenvalue weighted by atomic mass is 9.91. The summed E-state index contributed by atoms with van der Waals surface area (Å²) in [7, 11) is 2.15. The second kappa shape index (κ2) is 4.52. The molecule has 0 aliphatic carbocycles. The van der Waals surface area contributed by atoms with Crippen LogP contribution in [-0.2, 0) is 6.42 Å². The third-order valence-corrected chi connectivity index (χ3v) is 3.51. The Morgan fingerprint density at radius 2 is 2.33 bits per heavy atom. The average molecular weight is 225 g/mol. The molecule has 82 valence electrons. The minimum absolute atomic E-state index is 0.396. The van der Waals surface area contributed by atoms with Gasteiger partial charge in [-0.2, -0.15) is 0 Å². The first-order valence-corrected chi connectivity index (χ1v) is 5.79. The second-order valence-corrected chi connectivity index (χ2v) is 4.54. The first-order valence-electron chi connectivity index (χ1n) is 5.41. The molecule has 0 radical (unpaired) electrons. The smallest absolute Gasteiger partial charge is 0.0456 e. The molecule has 2 nitrogen and oxygen atoms in total. The highest BCUT2D eigenvalue weighted by atomic mass is 35.5. The molecule has 0 saturated heterocycles. The van der Waals surface area contributed by atoms with E-state index in [1.165, 1.54) is 11.1 Å². The summed E-state index contributed by atoms with van der Waals surface area (Å²) in [5, 5.41) is 0.887. The molecule has 2 rings (SSSR count). The molecule has 1 unspecified atom stereocenters. The lowest BCUT2D eigenvalue weighted by Crippen LogP contribution is -2.33. The summed E-state index contributed by atoms with van der Waals surface area (Å²) >= 11 is 6.27. The Morgan fingerprint density at radius 1 is 1.53 bits per heavy atom. The predicted molar refractivity (Wildman–Crippen MR) is 64.2 cm³/mol. The van der Waals surface area contributed by atoms with Gasteiger partial charge in [-0.15, -0.1) is 0 Å². The number of rotatable bonds is 2. The van der Waals surface area contributed by atoms with E-state index in [0.29, 0.717) is 12.6 Å². The second-order valence-electron chi connectivity index (χ2n) is 4.14. The van der Waals surface area contributed by atoms with Crippen molar-refractivity contribution < 1.29 is 0 Å². The van der Waals surface area contributed by atoms with Crippen LogP contribution in [0.1, 0.15) is 23.6 Å². The van der Waals surface area contributed by atoms with Crippen LogP contribution in [0.4, 0.5) is 0 Å². The summed E-state index contributed by atoms with van der Waals surface area (Å²) in [6, 6.07) is 6.58. The fourth-order valence-corrected chi connectivity index (χ4v) is 2.69. The highest BCUT2D eigenvalue weighted by Crippen LogP contribution is 2.35. The highest BCUT2D eigenvalue weighted by Gasteiger charge is 2.25. The fraction of sp³-hybridized carbons (Fsp3) is 0.500. The molecular weight excluding hydrogens is 208 g/mol. The zero-order valence-corrected chi connectivity index (χ0v) is 9.80. The van der Waals surface area contributed by atoms with Gasteiger partial charge in [0.05, 0.1) is 0 Å². The first kappa shape index (κ1) is 10.9. The van der Waals surface area contributed by atoms with Crippen molar-refractivity contribution in [2.24, 2.45) is 5.73 Å². The molecule has 1 atom stereocenters. The molecule has 0 aromatic heterocycles. The van der Waals surface area contributed by atoms with Gasteiger partial charge < -0.3 is 5.73 Å². The molecule has 0 amide bonds. The standard InChI is InChI=1S/C12H17ClN2/c1-15-8-6-9-3-2-4-10(13)12(9)11(15)5-7-14/h2-4,11H,5-8,14H2,1H3. The summed E-state index contributed by atoms with van der Waals surface area (Å²) in [6.07, 6.45) is 2.07. The largest absolute Gasteiger partial charge is 0.330 e. The minimum atomic E-state index is 0.396. The Morgan fingerprint density at radius 3 is 3.07 bits per heavy atom. The van der Waals surface area contributed by atoms with E-state index in [4.69, 9.17) is 17.3 Å². The van der Waals surface area contributed by atoms with Crippen LogP contribution in [0.2, 0.25) is 5.02 Å². The Balaban J connectivity index is 2.41. The fourth-order valence-electron chi connectivity index (χ4n) is 2.37. The molecule has 0 bridgehead atoms. The van der Waals surface area contributed by atoms with Crippen molar-refractivity contribution in [1.82, 2.24) is 4.90 Å². The van der Waals surface area contributed by atoms with Crippen molar-refractivity contribution in [3.05, 3.63) is 34.3 Å². The van der Waals surface area contributed by atoms with Gasteiger partial charge in [0.2, 0.25) is 0 Å². The van der Waals surface area contributed by atoms with Crippen molar-refractivity contribution in [2.45, 2.75) is 18.9 Å². The number of benzene rings is 1. The Bertz CT molecular complexity index is 351. The van der Waals surface area contributed by atoms with E-state index in [1.807, 2.05) is 12.1 Å². The molecule has 1 aromatic carbocycles. The van der Waals surface area contributed by atoms with Gasteiger partial charge in [-0.3, -0.25) is 4.90 Å². The molecule has 0 fully saturated rings. The van der Waals surface area contributed by atoms with Gasteiger partial charge in [-0.25, -0.2) is 0 Å². The third kappa shape index (κ3) is 2.03. The maximum absolute atomic E-state index is 6.27. The monoisotopic (exact) mass is 224 g/mol. The first-order chi connectivity index (χ1) is 7.24. The summed E-state index contributed by atoms with van der Waals surface area (Å²) in [6.45, 7) is 1.80. The number of halogens is 1. The number of hydrogen-bond donors (Lipinski definition) is 1. The number of likely N-dealkylation sites (N-methyl/N-ethyl adjacent to an activating group) is 1. The van der Waals surface area contributed by atoms with Gasteiger partial charge in [-0.1, -0.05) is 23.7 Å². The van der Waals surface area contributed by atoms with Gasteiger partial charge in [0.15, 0.2) is 0 Å². The number of fused-ring (bicyclic) bond motifs is 1. The van der Waals surface area contributed by atoms with Gasteiger partial charge >= 0.3 is 0 Å². The quantitative estimate of drug-likeness (QED) is 0.835. The van der Waals surface area contributed by atoms with Gasteiger partial charge in [0.1, 0.15) is 0 Å². The normalized spacial score (nSPS) is 21.4. The average Bonchev–Trinajstić information content (AvgIpc) is 2.23. The number of nitrogens with two attached hydrogens (primary N) is 1. The molecule has 0 saturated carbocycles. The topological polar surface area (TPSA) is 29.3 Å². The van der Waals surface area contributed by atoms with Crippen LogP contribution in [0.25, 0.3) is 0 Å². The van der Waals surface area contributed by atoms with Gasteiger partial charge in [0, 0.05) is 17.6 Å². The molecule has 1 aliphatic rings. The van der Waals surface area contributed by atoms with E-state index in [0.717, 1.165) is 24.4 Å². The maximum atomic E-state index is 6.27. The Hall–Kier alpha value is -0.570. The molecule has 1 heterocycles. The zero-order chi connectivity index (χ0) is 10.8. The van der Waals surface area contributed by atoms with Crippen LogP contribution in [0.3, 0.4) is 0 Å². The van der Waals surface area contributed by atoms with E-state index in [9.17, 15) is 0 Å². The van der Waals surface area contributed by atoms with Gasteiger partial charge in [0.25, 0.3) is 0 Å². The van der Waals surface area contributed by atoms with E-state index < -0.39 is 0 Å². The summed E-state index contributed by atoms with van der Waals surface area (Å²) < 4.78 is 0. The molecule has 2 N–H and O–H groups in total. The zero-order valence-electron chi connectivity index (χ0n) is 9.04. The van der Waals surface area contributed by atoms with E-state index in [1.54, 1.807) is 0 Å². The number of hydrogen-bond acceptors (Lipinski definition) is 2. The summed E-state index contributed by atoms with van der Waals surface area (Å²) in [4.78, 5) is 2.35.